The van der Waals surface area contributed by atoms with Crippen LogP contribution >= 0.6 is 0 Å². The average Bonchev–Trinajstić information content (AvgIpc) is 2.28. The summed E-state index contributed by atoms with van der Waals surface area (Å²) < 4.78 is 5.57. The first-order valence-corrected chi connectivity index (χ1v) is 5.26. The van der Waals surface area contributed by atoms with E-state index in [4.69, 9.17) is 4.74 Å². The Morgan fingerprint density at radius 3 is 2.46 bits per heavy atom. The molecular formula is C11H22O2. The first-order chi connectivity index (χ1) is 5.90. The Hall–Kier alpha value is -0.0800. The van der Waals surface area contributed by atoms with Gasteiger partial charge < -0.3 is 9.84 Å². The predicted octanol–water partition coefficient (Wildman–Crippen LogP) is 2.35. The first kappa shape index (κ1) is 11.0. The van der Waals surface area contributed by atoms with Gasteiger partial charge in [0.1, 0.15) is 0 Å². The van der Waals surface area contributed by atoms with Crippen LogP contribution < -0.4 is 0 Å². The summed E-state index contributed by atoms with van der Waals surface area (Å²) in [6.07, 6.45) is 2.97. The number of aliphatic hydroxyl groups is 1. The Bertz CT molecular complexity index is 177. The third-order valence-corrected chi connectivity index (χ3v) is 3.08. The maximum Gasteiger partial charge on any atom is 0.0932 e. The molecule has 2 nitrogen and oxygen atoms in total. The van der Waals surface area contributed by atoms with E-state index in [9.17, 15) is 5.11 Å². The van der Waals surface area contributed by atoms with Crippen molar-refractivity contribution in [3.63, 3.8) is 0 Å². The first-order valence-electron chi connectivity index (χ1n) is 5.26. The second kappa shape index (κ2) is 3.58. The minimum absolute atomic E-state index is 0.142. The Kier molecular flexibility index (Phi) is 3.03. The molecule has 1 aliphatic rings. The maximum absolute atomic E-state index is 10.3. The molecule has 0 saturated carbocycles. The van der Waals surface area contributed by atoms with Gasteiger partial charge in [0.15, 0.2) is 0 Å². The van der Waals surface area contributed by atoms with Gasteiger partial charge >= 0.3 is 0 Å². The molecule has 1 saturated heterocycles. The van der Waals surface area contributed by atoms with E-state index in [1.165, 1.54) is 0 Å². The van der Waals surface area contributed by atoms with Crippen LogP contribution in [0.4, 0.5) is 0 Å². The fraction of sp³-hybridized carbons (Fsp3) is 1.00. The second-order valence-electron chi connectivity index (χ2n) is 5.02. The largest absolute Gasteiger partial charge is 0.387 e. The van der Waals surface area contributed by atoms with Crippen molar-refractivity contribution in [2.75, 3.05) is 6.61 Å². The second-order valence-corrected chi connectivity index (χ2v) is 5.02. The van der Waals surface area contributed by atoms with Gasteiger partial charge in [0.25, 0.3) is 0 Å². The number of hydrogen-bond donors (Lipinski definition) is 1. The smallest absolute Gasteiger partial charge is 0.0932 e. The van der Waals surface area contributed by atoms with Gasteiger partial charge in [0, 0.05) is 6.42 Å². The molecule has 1 aliphatic heterocycles. The third kappa shape index (κ3) is 2.44. The molecule has 2 heteroatoms. The quantitative estimate of drug-likeness (QED) is 0.733. The van der Waals surface area contributed by atoms with Crippen LogP contribution in [0.2, 0.25) is 0 Å². The minimum Gasteiger partial charge on any atom is -0.387 e. The van der Waals surface area contributed by atoms with E-state index in [-0.39, 0.29) is 5.60 Å². The molecular weight excluding hydrogens is 164 g/mol. The van der Waals surface area contributed by atoms with Crippen LogP contribution in [0.5, 0.6) is 0 Å². The molecule has 0 aromatic heterocycles. The highest BCUT2D eigenvalue weighted by atomic mass is 16.5. The van der Waals surface area contributed by atoms with E-state index < -0.39 is 5.60 Å². The van der Waals surface area contributed by atoms with Gasteiger partial charge in [-0.15, -0.1) is 0 Å². The van der Waals surface area contributed by atoms with Crippen molar-refractivity contribution in [1.29, 1.82) is 0 Å². The van der Waals surface area contributed by atoms with Crippen molar-refractivity contribution in [2.45, 2.75) is 58.2 Å². The van der Waals surface area contributed by atoms with Crippen LogP contribution in [0.3, 0.4) is 0 Å². The molecule has 0 aromatic rings. The Labute approximate surface area is 81.3 Å². The van der Waals surface area contributed by atoms with Crippen LogP contribution in [0.15, 0.2) is 0 Å². The zero-order valence-electron chi connectivity index (χ0n) is 9.26. The van der Waals surface area contributed by atoms with Crippen LogP contribution in [-0.4, -0.2) is 22.9 Å². The van der Waals surface area contributed by atoms with E-state index in [1.54, 1.807) is 0 Å². The molecule has 0 bridgehead atoms. The minimum atomic E-state index is -0.584. The predicted molar refractivity (Wildman–Crippen MR) is 53.7 cm³/mol. The van der Waals surface area contributed by atoms with Crippen molar-refractivity contribution in [3.8, 4) is 0 Å². The molecule has 2 atom stereocenters. The molecule has 1 rings (SSSR count). The lowest BCUT2D eigenvalue weighted by molar-refractivity contribution is -0.0274. The van der Waals surface area contributed by atoms with Gasteiger partial charge in [0.05, 0.1) is 17.8 Å². The molecule has 0 radical (unpaired) electrons. The average molecular weight is 186 g/mol. The van der Waals surface area contributed by atoms with Gasteiger partial charge in [-0.1, -0.05) is 20.3 Å². The highest BCUT2D eigenvalue weighted by Gasteiger charge is 2.45. The van der Waals surface area contributed by atoms with Crippen LogP contribution in [-0.2, 0) is 4.74 Å². The molecule has 1 fully saturated rings. The van der Waals surface area contributed by atoms with Gasteiger partial charge in [-0.05, 0) is 26.2 Å². The monoisotopic (exact) mass is 186 g/mol. The number of hydrogen-bond acceptors (Lipinski definition) is 2. The highest BCUT2D eigenvalue weighted by Crippen LogP contribution is 2.38. The van der Waals surface area contributed by atoms with E-state index in [0.29, 0.717) is 12.5 Å². The number of ether oxygens (including phenoxy) is 1. The fourth-order valence-corrected chi connectivity index (χ4v) is 2.18. The van der Waals surface area contributed by atoms with E-state index in [2.05, 4.69) is 13.8 Å². The summed E-state index contributed by atoms with van der Waals surface area (Å²) in [6, 6.07) is 0. The van der Waals surface area contributed by atoms with Crippen LogP contribution in [0.25, 0.3) is 0 Å². The fourth-order valence-electron chi connectivity index (χ4n) is 2.18. The van der Waals surface area contributed by atoms with E-state index >= 15 is 0 Å². The van der Waals surface area contributed by atoms with Crippen LogP contribution in [0, 0.1) is 5.92 Å². The molecule has 1 N–H and O–H groups in total. The molecule has 1 heterocycles. The molecule has 0 spiro atoms. The van der Waals surface area contributed by atoms with Crippen molar-refractivity contribution in [2.24, 2.45) is 5.92 Å². The number of rotatable bonds is 3. The van der Waals surface area contributed by atoms with Crippen molar-refractivity contribution in [3.05, 3.63) is 0 Å². The summed E-state index contributed by atoms with van der Waals surface area (Å²) in [7, 11) is 0. The van der Waals surface area contributed by atoms with Gasteiger partial charge in [-0.3, -0.25) is 0 Å². The SMILES string of the molecule is CCCC(C)C1(O)COC(C)(C)C1. The normalized spacial score (nSPS) is 34.8. The summed E-state index contributed by atoms with van der Waals surface area (Å²) in [4.78, 5) is 0. The van der Waals surface area contributed by atoms with Crippen molar-refractivity contribution >= 4 is 0 Å². The zero-order chi connectivity index (χ0) is 10.1. The Balaban J connectivity index is 2.58. The van der Waals surface area contributed by atoms with Gasteiger partial charge in [-0.2, -0.15) is 0 Å². The molecule has 0 amide bonds. The summed E-state index contributed by atoms with van der Waals surface area (Å²) in [5, 5.41) is 10.3. The lowest BCUT2D eigenvalue weighted by Gasteiger charge is -2.29. The Morgan fingerprint density at radius 1 is 1.46 bits per heavy atom. The Morgan fingerprint density at radius 2 is 2.08 bits per heavy atom. The third-order valence-electron chi connectivity index (χ3n) is 3.08. The summed E-state index contributed by atoms with van der Waals surface area (Å²) in [5.74, 6) is 0.347. The molecule has 2 unspecified atom stereocenters. The lowest BCUT2D eigenvalue weighted by Crippen LogP contribution is -2.37. The van der Waals surface area contributed by atoms with Crippen molar-refractivity contribution < 1.29 is 9.84 Å². The van der Waals surface area contributed by atoms with E-state index in [1.807, 2.05) is 13.8 Å². The molecule has 0 aliphatic carbocycles. The maximum atomic E-state index is 10.3. The lowest BCUT2D eigenvalue weighted by atomic mass is 9.81. The van der Waals surface area contributed by atoms with E-state index in [0.717, 1.165) is 19.3 Å². The zero-order valence-corrected chi connectivity index (χ0v) is 9.26. The molecule has 13 heavy (non-hydrogen) atoms. The van der Waals surface area contributed by atoms with Gasteiger partial charge in [-0.25, -0.2) is 0 Å². The highest BCUT2D eigenvalue weighted by molar-refractivity contribution is 4.95. The topological polar surface area (TPSA) is 29.5 Å². The van der Waals surface area contributed by atoms with Gasteiger partial charge in [0.2, 0.25) is 0 Å². The summed E-state index contributed by atoms with van der Waals surface area (Å²) in [5.41, 5.74) is -0.726. The summed E-state index contributed by atoms with van der Waals surface area (Å²) >= 11 is 0. The standard InChI is InChI=1S/C11H22O2/c1-5-6-9(2)11(12)7-10(3,4)13-8-11/h9,12H,5-8H2,1-4H3. The van der Waals surface area contributed by atoms with Crippen LogP contribution in [0.1, 0.15) is 47.0 Å². The van der Waals surface area contributed by atoms with Crippen molar-refractivity contribution in [1.82, 2.24) is 0 Å². The molecule has 78 valence electrons. The molecule has 0 aromatic carbocycles. The summed E-state index contributed by atoms with van der Waals surface area (Å²) in [6.45, 7) is 8.86.